The number of ether oxygens (including phenoxy) is 2. The molecule has 4 rings (SSSR count). The second-order valence-electron chi connectivity index (χ2n) is 6.54. The third-order valence-corrected chi connectivity index (χ3v) is 4.69. The fourth-order valence-electron chi connectivity index (χ4n) is 3.20. The fourth-order valence-corrected chi connectivity index (χ4v) is 3.20. The maximum absolute atomic E-state index is 13.2. The molecule has 2 aromatic rings. The summed E-state index contributed by atoms with van der Waals surface area (Å²) in [5.74, 6) is 1.11. The summed E-state index contributed by atoms with van der Waals surface area (Å²) in [5.41, 5.74) is 2.38. The molecule has 2 aliphatic heterocycles. The first kappa shape index (κ1) is 16.4. The van der Waals surface area contributed by atoms with Crippen LogP contribution in [0.2, 0.25) is 0 Å². The Morgan fingerprint density at radius 2 is 1.88 bits per heavy atom. The van der Waals surface area contributed by atoms with E-state index in [4.69, 9.17) is 9.47 Å². The number of hydrogen-bond donors (Lipinski definition) is 0. The van der Waals surface area contributed by atoms with Crippen LogP contribution in [0.25, 0.3) is 0 Å². The predicted molar refractivity (Wildman–Crippen MR) is 96.4 cm³/mol. The van der Waals surface area contributed by atoms with Crippen molar-refractivity contribution in [1.82, 2.24) is 4.90 Å². The minimum Gasteiger partial charge on any atom is -0.454 e. The van der Waals surface area contributed by atoms with E-state index in [-0.39, 0.29) is 25.3 Å². The molecule has 1 fully saturated rings. The Bertz CT molecular complexity index is 847. The smallest absolute Gasteiger partial charge is 0.259 e. The number of fused-ring (bicyclic) bond motifs is 1. The van der Waals surface area contributed by atoms with Crippen LogP contribution in [-0.2, 0) is 4.79 Å². The largest absolute Gasteiger partial charge is 0.454 e. The quantitative estimate of drug-likeness (QED) is 0.849. The van der Waals surface area contributed by atoms with Gasteiger partial charge in [0.2, 0.25) is 12.7 Å². The lowest BCUT2D eigenvalue weighted by atomic mass is 10.1. The number of nitrogens with zero attached hydrogens (tertiary/aromatic N) is 2. The van der Waals surface area contributed by atoms with Crippen LogP contribution in [0.1, 0.15) is 28.8 Å². The van der Waals surface area contributed by atoms with Gasteiger partial charge in [-0.3, -0.25) is 14.5 Å². The Hall–Kier alpha value is -3.02. The Morgan fingerprint density at radius 3 is 2.62 bits per heavy atom. The van der Waals surface area contributed by atoms with Crippen molar-refractivity contribution in [2.75, 3.05) is 24.9 Å². The molecule has 0 unspecified atom stereocenters. The summed E-state index contributed by atoms with van der Waals surface area (Å²) in [4.78, 5) is 28.6. The molecule has 1 saturated heterocycles. The fraction of sp³-hybridized carbons (Fsp3) is 0.300. The van der Waals surface area contributed by atoms with Crippen molar-refractivity contribution in [2.45, 2.75) is 19.8 Å². The van der Waals surface area contributed by atoms with E-state index in [9.17, 15) is 9.59 Å². The molecule has 0 spiro atoms. The van der Waals surface area contributed by atoms with Gasteiger partial charge in [-0.2, -0.15) is 0 Å². The van der Waals surface area contributed by atoms with Gasteiger partial charge in [0.25, 0.3) is 5.91 Å². The molecule has 2 amide bonds. The first-order valence-electron chi connectivity index (χ1n) is 8.68. The number of rotatable bonds is 4. The number of aryl methyl sites for hydroxylation is 1. The molecular weight excluding hydrogens is 332 g/mol. The van der Waals surface area contributed by atoms with E-state index in [1.165, 1.54) is 0 Å². The molecular formula is C20H20N2O4. The maximum Gasteiger partial charge on any atom is 0.259 e. The monoisotopic (exact) mass is 352 g/mol. The topological polar surface area (TPSA) is 59.1 Å². The van der Waals surface area contributed by atoms with Gasteiger partial charge in [-0.25, -0.2) is 0 Å². The highest BCUT2D eigenvalue weighted by Crippen LogP contribution is 2.33. The second kappa shape index (κ2) is 6.71. The van der Waals surface area contributed by atoms with Crippen molar-refractivity contribution in [3.8, 4) is 11.5 Å². The van der Waals surface area contributed by atoms with E-state index < -0.39 is 0 Å². The van der Waals surface area contributed by atoms with Gasteiger partial charge in [0.15, 0.2) is 11.5 Å². The van der Waals surface area contributed by atoms with Crippen molar-refractivity contribution < 1.29 is 19.1 Å². The minimum atomic E-state index is -0.174. The molecule has 2 aliphatic rings. The van der Waals surface area contributed by atoms with Crippen LogP contribution in [-0.4, -0.2) is 36.7 Å². The Kier molecular flexibility index (Phi) is 4.24. The SMILES string of the molecule is Cc1ccc(N(CN2CCCC2=O)C(=O)c2ccc3c(c2)OCO3)cc1. The van der Waals surface area contributed by atoms with Crippen LogP contribution in [0.4, 0.5) is 5.69 Å². The molecule has 6 heteroatoms. The zero-order chi connectivity index (χ0) is 18.1. The molecule has 6 nitrogen and oxygen atoms in total. The number of amides is 2. The summed E-state index contributed by atoms with van der Waals surface area (Å²) in [6.07, 6.45) is 1.37. The van der Waals surface area contributed by atoms with E-state index >= 15 is 0 Å². The summed E-state index contributed by atoms with van der Waals surface area (Å²) in [7, 11) is 0. The standard InChI is InChI=1S/C20H20N2O4/c1-14-4-7-16(8-5-14)22(12-21-10-2-3-19(21)23)20(24)15-6-9-17-18(11-15)26-13-25-17/h4-9,11H,2-3,10,12-13H2,1H3. The van der Waals surface area contributed by atoms with Crippen molar-refractivity contribution in [3.63, 3.8) is 0 Å². The molecule has 0 atom stereocenters. The third kappa shape index (κ3) is 3.10. The Morgan fingerprint density at radius 1 is 1.12 bits per heavy atom. The summed E-state index contributed by atoms with van der Waals surface area (Å²) in [6, 6.07) is 12.9. The molecule has 0 N–H and O–H groups in total. The summed E-state index contributed by atoms with van der Waals surface area (Å²) in [6.45, 7) is 3.08. The number of benzene rings is 2. The van der Waals surface area contributed by atoms with Crippen LogP contribution >= 0.6 is 0 Å². The molecule has 26 heavy (non-hydrogen) atoms. The Balaban J connectivity index is 1.65. The van der Waals surface area contributed by atoms with Crippen molar-refractivity contribution in [3.05, 3.63) is 53.6 Å². The second-order valence-corrected chi connectivity index (χ2v) is 6.54. The van der Waals surface area contributed by atoms with Gasteiger partial charge >= 0.3 is 0 Å². The molecule has 0 bridgehead atoms. The summed E-state index contributed by atoms with van der Waals surface area (Å²) < 4.78 is 10.7. The number of likely N-dealkylation sites (tertiary alicyclic amines) is 1. The zero-order valence-electron chi connectivity index (χ0n) is 14.6. The lowest BCUT2D eigenvalue weighted by Crippen LogP contribution is -2.42. The lowest BCUT2D eigenvalue weighted by Gasteiger charge is -2.28. The average molecular weight is 352 g/mol. The highest BCUT2D eigenvalue weighted by molar-refractivity contribution is 6.06. The number of carbonyl (C=O) groups excluding carboxylic acids is 2. The molecule has 2 aromatic carbocycles. The number of anilines is 1. The lowest BCUT2D eigenvalue weighted by molar-refractivity contribution is -0.127. The molecule has 134 valence electrons. The van der Waals surface area contributed by atoms with Gasteiger partial charge in [-0.15, -0.1) is 0 Å². The normalized spacial score (nSPS) is 15.4. The highest BCUT2D eigenvalue weighted by Gasteiger charge is 2.27. The van der Waals surface area contributed by atoms with Crippen LogP contribution < -0.4 is 14.4 Å². The average Bonchev–Trinajstić information content (AvgIpc) is 3.28. The van der Waals surface area contributed by atoms with E-state index in [1.807, 2.05) is 31.2 Å². The van der Waals surface area contributed by atoms with Crippen molar-refractivity contribution in [1.29, 1.82) is 0 Å². The molecule has 0 aromatic heterocycles. The van der Waals surface area contributed by atoms with Crippen LogP contribution in [0.15, 0.2) is 42.5 Å². The third-order valence-electron chi connectivity index (χ3n) is 4.69. The predicted octanol–water partition coefficient (Wildman–Crippen LogP) is 2.95. The molecule has 0 radical (unpaired) electrons. The van der Waals surface area contributed by atoms with E-state index in [0.29, 0.717) is 30.0 Å². The van der Waals surface area contributed by atoms with Crippen LogP contribution in [0.5, 0.6) is 11.5 Å². The van der Waals surface area contributed by atoms with Gasteiger partial charge in [0.1, 0.15) is 6.67 Å². The van der Waals surface area contributed by atoms with Crippen molar-refractivity contribution in [2.24, 2.45) is 0 Å². The summed E-state index contributed by atoms with van der Waals surface area (Å²) >= 11 is 0. The van der Waals surface area contributed by atoms with Crippen LogP contribution in [0.3, 0.4) is 0 Å². The van der Waals surface area contributed by atoms with E-state index in [1.54, 1.807) is 28.0 Å². The van der Waals surface area contributed by atoms with Crippen molar-refractivity contribution >= 4 is 17.5 Å². The van der Waals surface area contributed by atoms with Gasteiger partial charge < -0.3 is 14.4 Å². The van der Waals surface area contributed by atoms with Gasteiger partial charge in [0.05, 0.1) is 0 Å². The van der Waals surface area contributed by atoms with Crippen LogP contribution in [0, 0.1) is 6.92 Å². The van der Waals surface area contributed by atoms with Gasteiger partial charge in [0, 0.05) is 24.2 Å². The zero-order valence-corrected chi connectivity index (χ0v) is 14.6. The Labute approximate surface area is 151 Å². The van der Waals surface area contributed by atoms with Gasteiger partial charge in [-0.1, -0.05) is 17.7 Å². The van der Waals surface area contributed by atoms with E-state index in [2.05, 4.69) is 0 Å². The summed E-state index contributed by atoms with van der Waals surface area (Å²) in [5, 5.41) is 0. The molecule has 2 heterocycles. The number of hydrogen-bond acceptors (Lipinski definition) is 4. The molecule has 0 saturated carbocycles. The first-order chi connectivity index (χ1) is 12.6. The minimum absolute atomic E-state index is 0.0839. The highest BCUT2D eigenvalue weighted by atomic mass is 16.7. The maximum atomic E-state index is 13.2. The first-order valence-corrected chi connectivity index (χ1v) is 8.68. The molecule has 0 aliphatic carbocycles. The van der Waals surface area contributed by atoms with E-state index in [0.717, 1.165) is 17.7 Å². The van der Waals surface area contributed by atoms with Gasteiger partial charge in [-0.05, 0) is 43.7 Å². The number of carbonyl (C=O) groups is 2.